The number of thioether (sulfide) groups is 1. The van der Waals surface area contributed by atoms with Crippen LogP contribution in [0.2, 0.25) is 0 Å². The second-order valence-electron chi connectivity index (χ2n) is 5.12. The molecule has 1 amide bonds. The van der Waals surface area contributed by atoms with Gasteiger partial charge < -0.3 is 11.5 Å². The lowest BCUT2D eigenvalue weighted by atomic mass is 9.67. The lowest BCUT2D eigenvalue weighted by Crippen LogP contribution is -2.46. The van der Waals surface area contributed by atoms with E-state index in [1.165, 1.54) is 11.8 Å². The van der Waals surface area contributed by atoms with Gasteiger partial charge in [0.15, 0.2) is 0 Å². The van der Waals surface area contributed by atoms with Crippen LogP contribution >= 0.6 is 11.8 Å². The SMILES string of the molecule is C=CCSC1=NC(N)=C(C#N)C2(CCCC2)C1C(N)=O. The van der Waals surface area contributed by atoms with Crippen LogP contribution in [-0.4, -0.2) is 16.7 Å². The first-order valence-electron chi connectivity index (χ1n) is 6.58. The zero-order valence-electron chi connectivity index (χ0n) is 11.3. The lowest BCUT2D eigenvalue weighted by molar-refractivity contribution is -0.122. The summed E-state index contributed by atoms with van der Waals surface area (Å²) < 4.78 is 0. The van der Waals surface area contributed by atoms with Crippen LogP contribution in [0.15, 0.2) is 29.0 Å². The van der Waals surface area contributed by atoms with E-state index < -0.39 is 17.2 Å². The van der Waals surface area contributed by atoms with Gasteiger partial charge in [0, 0.05) is 11.2 Å². The van der Waals surface area contributed by atoms with Gasteiger partial charge in [0.25, 0.3) is 0 Å². The van der Waals surface area contributed by atoms with E-state index in [0.29, 0.717) is 16.4 Å². The summed E-state index contributed by atoms with van der Waals surface area (Å²) >= 11 is 1.42. The average Bonchev–Trinajstić information content (AvgIpc) is 2.85. The highest BCUT2D eigenvalue weighted by atomic mass is 32.2. The molecule has 2 rings (SSSR count). The summed E-state index contributed by atoms with van der Waals surface area (Å²) in [5, 5.41) is 10.0. The number of carbonyl (C=O) groups is 1. The van der Waals surface area contributed by atoms with Gasteiger partial charge in [-0.2, -0.15) is 5.26 Å². The third kappa shape index (κ3) is 2.22. The number of hydrogen-bond donors (Lipinski definition) is 2. The molecule has 1 aliphatic heterocycles. The summed E-state index contributed by atoms with van der Waals surface area (Å²) in [5.74, 6) is -0.105. The minimum atomic E-state index is -0.546. The largest absolute Gasteiger partial charge is 0.383 e. The Morgan fingerprint density at radius 3 is 2.75 bits per heavy atom. The Morgan fingerprint density at radius 1 is 1.60 bits per heavy atom. The van der Waals surface area contributed by atoms with Crippen LogP contribution < -0.4 is 11.5 Å². The van der Waals surface area contributed by atoms with Crippen LogP contribution in [0.4, 0.5) is 0 Å². The molecule has 1 atom stereocenters. The summed E-state index contributed by atoms with van der Waals surface area (Å²) in [5.41, 5.74) is 11.4. The molecule has 106 valence electrons. The molecular formula is C14H18N4OS. The number of hydrogen-bond acceptors (Lipinski definition) is 5. The summed E-state index contributed by atoms with van der Waals surface area (Å²) in [7, 11) is 0. The Bertz CT molecular complexity index is 538. The molecule has 0 aromatic heterocycles. The van der Waals surface area contributed by atoms with Crippen LogP contribution in [0.3, 0.4) is 0 Å². The van der Waals surface area contributed by atoms with E-state index in [1.54, 1.807) is 6.08 Å². The molecule has 2 aliphatic rings. The van der Waals surface area contributed by atoms with Crippen LogP contribution in [0, 0.1) is 22.7 Å². The second-order valence-corrected chi connectivity index (χ2v) is 6.16. The Balaban J connectivity index is 2.53. The van der Waals surface area contributed by atoms with E-state index in [-0.39, 0.29) is 5.82 Å². The maximum atomic E-state index is 12.0. The van der Waals surface area contributed by atoms with Gasteiger partial charge in [0.1, 0.15) is 5.82 Å². The predicted molar refractivity (Wildman–Crippen MR) is 80.5 cm³/mol. The number of rotatable bonds is 3. The quantitative estimate of drug-likeness (QED) is 0.771. The third-order valence-electron chi connectivity index (χ3n) is 4.03. The summed E-state index contributed by atoms with van der Waals surface area (Å²) in [6.45, 7) is 3.67. The molecule has 6 heteroatoms. The molecule has 0 radical (unpaired) electrons. The van der Waals surface area contributed by atoms with E-state index in [1.807, 2.05) is 0 Å². The van der Waals surface area contributed by atoms with Crippen molar-refractivity contribution in [3.63, 3.8) is 0 Å². The maximum Gasteiger partial charge on any atom is 0.228 e. The molecule has 1 unspecified atom stereocenters. The molecule has 1 spiro atoms. The van der Waals surface area contributed by atoms with Gasteiger partial charge in [-0.15, -0.1) is 18.3 Å². The van der Waals surface area contributed by atoms with Gasteiger partial charge in [0.05, 0.1) is 22.6 Å². The second kappa shape index (κ2) is 5.71. The molecule has 5 nitrogen and oxygen atoms in total. The van der Waals surface area contributed by atoms with Crippen molar-refractivity contribution in [3.8, 4) is 6.07 Å². The fraction of sp³-hybridized carbons (Fsp3) is 0.500. The van der Waals surface area contributed by atoms with Crippen LogP contribution in [-0.2, 0) is 4.79 Å². The number of nitriles is 1. The average molecular weight is 290 g/mol. The molecule has 1 aliphatic carbocycles. The number of amides is 1. The number of carbonyl (C=O) groups excluding carboxylic acids is 1. The summed E-state index contributed by atoms with van der Waals surface area (Å²) in [6, 6.07) is 2.16. The summed E-state index contributed by atoms with van der Waals surface area (Å²) in [6.07, 6.45) is 5.21. The Morgan fingerprint density at radius 2 is 2.25 bits per heavy atom. The Labute approximate surface area is 122 Å². The van der Waals surface area contributed by atoms with Crippen molar-refractivity contribution in [1.29, 1.82) is 5.26 Å². The molecule has 4 N–H and O–H groups in total. The van der Waals surface area contributed by atoms with Crippen molar-refractivity contribution < 1.29 is 4.79 Å². The van der Waals surface area contributed by atoms with Crippen LogP contribution in [0.25, 0.3) is 0 Å². The van der Waals surface area contributed by atoms with Gasteiger partial charge in [-0.25, -0.2) is 4.99 Å². The predicted octanol–water partition coefficient (Wildman–Crippen LogP) is 1.67. The highest BCUT2D eigenvalue weighted by Gasteiger charge is 2.52. The first-order valence-corrected chi connectivity index (χ1v) is 7.57. The molecule has 0 bridgehead atoms. The van der Waals surface area contributed by atoms with Gasteiger partial charge >= 0.3 is 0 Å². The van der Waals surface area contributed by atoms with Crippen molar-refractivity contribution in [2.24, 2.45) is 27.8 Å². The minimum Gasteiger partial charge on any atom is -0.383 e. The minimum absolute atomic E-state index is 0.235. The smallest absolute Gasteiger partial charge is 0.228 e. The van der Waals surface area contributed by atoms with E-state index in [0.717, 1.165) is 25.7 Å². The Kier molecular flexibility index (Phi) is 4.19. The molecule has 1 heterocycles. The fourth-order valence-electron chi connectivity index (χ4n) is 3.24. The number of primary amides is 1. The lowest BCUT2D eigenvalue weighted by Gasteiger charge is -2.38. The first-order chi connectivity index (χ1) is 9.56. The van der Waals surface area contributed by atoms with Crippen molar-refractivity contribution in [2.75, 3.05) is 5.75 Å². The maximum absolute atomic E-state index is 12.0. The monoisotopic (exact) mass is 290 g/mol. The van der Waals surface area contributed by atoms with Crippen molar-refractivity contribution in [2.45, 2.75) is 25.7 Å². The van der Waals surface area contributed by atoms with E-state index in [2.05, 4.69) is 17.6 Å². The first kappa shape index (κ1) is 14.7. The molecule has 1 saturated carbocycles. The van der Waals surface area contributed by atoms with Crippen LogP contribution in [0.5, 0.6) is 0 Å². The van der Waals surface area contributed by atoms with Gasteiger partial charge in [-0.1, -0.05) is 18.9 Å². The topological polar surface area (TPSA) is 105 Å². The molecule has 0 aromatic rings. The number of allylic oxidation sites excluding steroid dienone is 1. The number of nitrogens with two attached hydrogens (primary N) is 2. The molecule has 0 saturated heterocycles. The zero-order valence-corrected chi connectivity index (χ0v) is 12.1. The van der Waals surface area contributed by atoms with E-state index in [9.17, 15) is 10.1 Å². The molecule has 0 aromatic carbocycles. The third-order valence-corrected chi connectivity index (χ3v) is 5.05. The standard InChI is InChI=1S/C14H18N4OS/c1-2-7-20-13-10(12(17)19)14(5-3-4-6-14)9(8-15)11(16)18-13/h2,10H,1,3-7,16H2,(H2,17,19). The van der Waals surface area contributed by atoms with E-state index >= 15 is 0 Å². The Hall–Kier alpha value is -1.74. The highest BCUT2D eigenvalue weighted by molar-refractivity contribution is 8.14. The van der Waals surface area contributed by atoms with Gasteiger partial charge in [-0.3, -0.25) is 4.79 Å². The summed E-state index contributed by atoms with van der Waals surface area (Å²) in [4.78, 5) is 16.2. The van der Waals surface area contributed by atoms with Crippen molar-refractivity contribution in [3.05, 3.63) is 24.0 Å². The highest BCUT2D eigenvalue weighted by Crippen LogP contribution is 2.53. The van der Waals surface area contributed by atoms with Gasteiger partial charge in [0.2, 0.25) is 5.91 Å². The molecular weight excluding hydrogens is 272 g/mol. The van der Waals surface area contributed by atoms with Crippen LogP contribution in [0.1, 0.15) is 25.7 Å². The van der Waals surface area contributed by atoms with Crippen molar-refractivity contribution >= 4 is 22.7 Å². The number of nitrogens with zero attached hydrogens (tertiary/aromatic N) is 2. The van der Waals surface area contributed by atoms with Crippen molar-refractivity contribution in [1.82, 2.24) is 0 Å². The fourth-order valence-corrected chi connectivity index (χ4v) is 4.20. The van der Waals surface area contributed by atoms with E-state index in [4.69, 9.17) is 11.5 Å². The number of aliphatic imine (C=N–C) groups is 1. The van der Waals surface area contributed by atoms with Gasteiger partial charge in [-0.05, 0) is 12.8 Å². The molecule has 1 fully saturated rings. The molecule has 20 heavy (non-hydrogen) atoms. The normalized spacial score (nSPS) is 24.4. The zero-order chi connectivity index (χ0) is 14.8.